The fraction of sp³-hybridized carbons (Fsp3) is 0.700. The lowest BCUT2D eigenvalue weighted by Gasteiger charge is -2.03. The largest absolute Gasteiger partial charge is 0.269 e. The average molecular weight is 205 g/mol. The molecule has 5 heteroatoms. The molecule has 0 N–H and O–H groups in total. The van der Waals surface area contributed by atoms with Crippen LogP contribution in [0.15, 0.2) is 17.4 Å². The van der Waals surface area contributed by atoms with E-state index in [9.17, 15) is 0 Å². The predicted octanol–water partition coefficient (Wildman–Crippen LogP) is 2.91. The van der Waals surface area contributed by atoms with E-state index in [0.717, 1.165) is 17.5 Å². The predicted molar refractivity (Wildman–Crippen MR) is 57.1 cm³/mol. The van der Waals surface area contributed by atoms with Gasteiger partial charge >= 0.3 is 0 Å². The smallest absolute Gasteiger partial charge is 0.0702 e. The number of nitrogens with zero attached hydrogens (tertiary/aromatic N) is 5. The molecule has 1 aliphatic carbocycles. The lowest BCUT2D eigenvalue weighted by Crippen LogP contribution is -2.01. The van der Waals surface area contributed by atoms with Crippen molar-refractivity contribution < 1.29 is 0 Å². The minimum atomic E-state index is 0.350. The minimum Gasteiger partial charge on any atom is -0.269 e. The number of rotatable bonds is 4. The Morgan fingerprint density at radius 1 is 1.73 bits per heavy atom. The third-order valence-corrected chi connectivity index (χ3v) is 2.96. The van der Waals surface area contributed by atoms with Crippen LogP contribution in [0.1, 0.15) is 32.0 Å². The van der Waals surface area contributed by atoms with E-state index in [1.807, 2.05) is 16.9 Å². The Balaban J connectivity index is 1.99. The van der Waals surface area contributed by atoms with Gasteiger partial charge in [0.15, 0.2) is 0 Å². The third kappa shape index (κ3) is 2.13. The second kappa shape index (κ2) is 3.95. The Hall–Kier alpha value is -1.48. The average Bonchev–Trinajstić information content (AvgIpc) is 2.89. The molecule has 0 radical (unpaired) electrons. The topological polar surface area (TPSA) is 66.6 Å². The van der Waals surface area contributed by atoms with Crippen LogP contribution in [0.5, 0.6) is 0 Å². The molecular formula is C10H15N5. The summed E-state index contributed by atoms with van der Waals surface area (Å²) in [4.78, 5) is 2.72. The molecule has 0 amide bonds. The monoisotopic (exact) mass is 205 g/mol. The Morgan fingerprint density at radius 3 is 3.13 bits per heavy atom. The van der Waals surface area contributed by atoms with Gasteiger partial charge in [-0.2, -0.15) is 5.10 Å². The highest BCUT2D eigenvalue weighted by molar-refractivity contribution is 5.03. The summed E-state index contributed by atoms with van der Waals surface area (Å²) in [7, 11) is 0. The lowest BCUT2D eigenvalue weighted by molar-refractivity contribution is 0.485. The maximum Gasteiger partial charge on any atom is 0.0702 e. The van der Waals surface area contributed by atoms with E-state index >= 15 is 0 Å². The summed E-state index contributed by atoms with van der Waals surface area (Å²) in [5.41, 5.74) is 9.04. The van der Waals surface area contributed by atoms with Crippen LogP contribution < -0.4 is 0 Å². The molecule has 0 saturated heterocycles. The van der Waals surface area contributed by atoms with E-state index in [1.165, 1.54) is 6.42 Å². The van der Waals surface area contributed by atoms with Gasteiger partial charge in [-0.15, -0.1) is 0 Å². The van der Waals surface area contributed by atoms with Gasteiger partial charge in [-0.3, -0.25) is 4.68 Å². The van der Waals surface area contributed by atoms with Crippen molar-refractivity contribution in [2.75, 3.05) is 0 Å². The molecule has 0 bridgehead atoms. The summed E-state index contributed by atoms with van der Waals surface area (Å²) < 4.78 is 2.01. The first kappa shape index (κ1) is 10.1. The summed E-state index contributed by atoms with van der Waals surface area (Å²) >= 11 is 0. The summed E-state index contributed by atoms with van der Waals surface area (Å²) in [5.74, 6) is 1.48. The van der Waals surface area contributed by atoms with Crippen LogP contribution in [-0.4, -0.2) is 9.78 Å². The van der Waals surface area contributed by atoms with Crippen molar-refractivity contribution in [2.24, 2.45) is 17.0 Å². The number of hydrogen-bond donors (Lipinski definition) is 0. The van der Waals surface area contributed by atoms with Crippen LogP contribution in [-0.2, 0) is 6.54 Å². The second-order valence-electron chi connectivity index (χ2n) is 4.39. The summed E-state index contributed by atoms with van der Waals surface area (Å²) in [6.07, 6.45) is 3.20. The quantitative estimate of drug-likeness (QED) is 0.423. The van der Waals surface area contributed by atoms with Crippen molar-refractivity contribution in [3.05, 3.63) is 28.4 Å². The molecule has 1 saturated carbocycles. The molecule has 1 aromatic rings. The third-order valence-electron chi connectivity index (χ3n) is 2.96. The zero-order valence-corrected chi connectivity index (χ0v) is 9.04. The Morgan fingerprint density at radius 2 is 2.53 bits per heavy atom. The van der Waals surface area contributed by atoms with E-state index in [2.05, 4.69) is 29.0 Å². The SMILES string of the molecule is CC(C)C1CC1n1ccc(CN=[N+]=[N-])n1. The zero-order chi connectivity index (χ0) is 10.8. The van der Waals surface area contributed by atoms with Crippen LogP contribution in [0.4, 0.5) is 0 Å². The molecular weight excluding hydrogens is 190 g/mol. The van der Waals surface area contributed by atoms with Crippen molar-refractivity contribution in [1.29, 1.82) is 0 Å². The summed E-state index contributed by atoms with van der Waals surface area (Å²) in [5, 5.41) is 7.89. The highest BCUT2D eigenvalue weighted by Crippen LogP contribution is 2.47. The standard InChI is InChI=1S/C10H15N5/c1-7(2)9-5-10(9)15-4-3-8(13-15)6-12-14-11/h3-4,7,9-10H,5-6H2,1-2H3. The van der Waals surface area contributed by atoms with Crippen LogP contribution in [0.2, 0.25) is 0 Å². The molecule has 2 atom stereocenters. The van der Waals surface area contributed by atoms with Crippen molar-refractivity contribution in [3.63, 3.8) is 0 Å². The summed E-state index contributed by atoms with van der Waals surface area (Å²) in [6.45, 7) is 4.84. The van der Waals surface area contributed by atoms with Gasteiger partial charge in [0.05, 0.1) is 18.3 Å². The normalized spacial score (nSPS) is 23.9. The first-order chi connectivity index (χ1) is 7.22. The van der Waals surface area contributed by atoms with E-state index in [4.69, 9.17) is 5.53 Å². The van der Waals surface area contributed by atoms with Crippen LogP contribution in [0, 0.1) is 11.8 Å². The van der Waals surface area contributed by atoms with Crippen LogP contribution in [0.25, 0.3) is 10.4 Å². The molecule has 0 spiro atoms. The van der Waals surface area contributed by atoms with Gasteiger partial charge < -0.3 is 0 Å². The highest BCUT2D eigenvalue weighted by atomic mass is 15.3. The van der Waals surface area contributed by atoms with Gasteiger partial charge in [0.2, 0.25) is 0 Å². The van der Waals surface area contributed by atoms with Gasteiger partial charge in [0.1, 0.15) is 0 Å². The van der Waals surface area contributed by atoms with E-state index in [-0.39, 0.29) is 0 Å². The highest BCUT2D eigenvalue weighted by Gasteiger charge is 2.41. The van der Waals surface area contributed by atoms with Crippen molar-refractivity contribution >= 4 is 0 Å². The fourth-order valence-corrected chi connectivity index (χ4v) is 1.97. The van der Waals surface area contributed by atoms with Gasteiger partial charge in [0, 0.05) is 11.1 Å². The molecule has 80 valence electrons. The first-order valence-electron chi connectivity index (χ1n) is 5.27. The van der Waals surface area contributed by atoms with E-state index < -0.39 is 0 Å². The van der Waals surface area contributed by atoms with E-state index in [0.29, 0.717) is 12.6 Å². The van der Waals surface area contributed by atoms with Crippen molar-refractivity contribution in [2.45, 2.75) is 32.9 Å². The molecule has 2 rings (SSSR count). The molecule has 1 fully saturated rings. The molecule has 2 unspecified atom stereocenters. The molecule has 0 aromatic carbocycles. The molecule has 1 aromatic heterocycles. The van der Waals surface area contributed by atoms with Crippen molar-refractivity contribution in [3.8, 4) is 0 Å². The summed E-state index contributed by atoms with van der Waals surface area (Å²) in [6, 6.07) is 2.48. The Kier molecular flexibility index (Phi) is 2.64. The molecule has 0 aliphatic heterocycles. The molecule has 15 heavy (non-hydrogen) atoms. The van der Waals surface area contributed by atoms with Crippen LogP contribution in [0.3, 0.4) is 0 Å². The first-order valence-corrected chi connectivity index (χ1v) is 5.27. The molecule has 5 nitrogen and oxygen atoms in total. The fourth-order valence-electron chi connectivity index (χ4n) is 1.97. The Bertz CT molecular complexity index is 388. The van der Waals surface area contributed by atoms with Crippen LogP contribution >= 0.6 is 0 Å². The zero-order valence-electron chi connectivity index (χ0n) is 9.04. The minimum absolute atomic E-state index is 0.350. The van der Waals surface area contributed by atoms with Gasteiger partial charge in [-0.05, 0) is 29.9 Å². The number of aromatic nitrogens is 2. The lowest BCUT2D eigenvalue weighted by atomic mass is 10.1. The molecule has 1 aliphatic rings. The maximum absolute atomic E-state index is 8.19. The van der Waals surface area contributed by atoms with Gasteiger partial charge in [-0.25, -0.2) is 0 Å². The van der Waals surface area contributed by atoms with E-state index in [1.54, 1.807) is 0 Å². The maximum atomic E-state index is 8.19. The number of hydrogen-bond acceptors (Lipinski definition) is 2. The Labute approximate surface area is 88.7 Å². The molecule has 1 heterocycles. The second-order valence-corrected chi connectivity index (χ2v) is 4.39. The van der Waals surface area contributed by atoms with Crippen molar-refractivity contribution in [1.82, 2.24) is 9.78 Å². The van der Waals surface area contributed by atoms with Gasteiger partial charge in [0.25, 0.3) is 0 Å². The number of azide groups is 1. The van der Waals surface area contributed by atoms with Gasteiger partial charge in [-0.1, -0.05) is 19.0 Å².